The van der Waals surface area contributed by atoms with Crippen molar-refractivity contribution in [3.63, 3.8) is 0 Å². The summed E-state index contributed by atoms with van der Waals surface area (Å²) in [6.45, 7) is 4.23. The molecule has 0 aliphatic carbocycles. The predicted molar refractivity (Wildman–Crippen MR) is 59.9 cm³/mol. The Morgan fingerprint density at radius 1 is 1.33 bits per heavy atom. The van der Waals surface area contributed by atoms with Crippen molar-refractivity contribution < 1.29 is 0 Å². The molecule has 0 spiro atoms. The SMILES string of the molecule is CC(C)c1ccn(-c2ccncc2N)n1. The van der Waals surface area contributed by atoms with Crippen LogP contribution in [-0.2, 0) is 0 Å². The van der Waals surface area contributed by atoms with Gasteiger partial charge in [0.1, 0.15) is 0 Å². The summed E-state index contributed by atoms with van der Waals surface area (Å²) in [6.07, 6.45) is 5.26. The second-order valence-electron chi connectivity index (χ2n) is 3.77. The maximum absolute atomic E-state index is 5.81. The molecule has 0 saturated heterocycles. The van der Waals surface area contributed by atoms with E-state index in [2.05, 4.69) is 23.9 Å². The fourth-order valence-electron chi connectivity index (χ4n) is 1.39. The first-order valence-electron chi connectivity index (χ1n) is 4.94. The third kappa shape index (κ3) is 1.83. The summed E-state index contributed by atoms with van der Waals surface area (Å²) in [7, 11) is 0. The Hall–Kier alpha value is -1.84. The van der Waals surface area contributed by atoms with Crippen molar-refractivity contribution in [1.82, 2.24) is 14.8 Å². The minimum absolute atomic E-state index is 0.425. The largest absolute Gasteiger partial charge is 0.396 e. The van der Waals surface area contributed by atoms with Gasteiger partial charge in [-0.1, -0.05) is 13.8 Å². The molecule has 0 bridgehead atoms. The standard InChI is InChI=1S/C11H14N4/c1-8(2)10-4-6-15(14-10)11-3-5-13-7-9(11)12/h3-8H,12H2,1-2H3. The normalized spacial score (nSPS) is 10.9. The molecule has 0 aliphatic heterocycles. The van der Waals surface area contributed by atoms with E-state index in [9.17, 15) is 0 Å². The third-order valence-corrected chi connectivity index (χ3v) is 2.28. The van der Waals surface area contributed by atoms with Crippen LogP contribution in [0.15, 0.2) is 30.7 Å². The van der Waals surface area contributed by atoms with Crippen LogP contribution in [-0.4, -0.2) is 14.8 Å². The molecule has 2 N–H and O–H groups in total. The summed E-state index contributed by atoms with van der Waals surface area (Å²) in [4.78, 5) is 3.95. The van der Waals surface area contributed by atoms with Crippen molar-refractivity contribution in [3.8, 4) is 5.69 Å². The van der Waals surface area contributed by atoms with E-state index in [1.807, 2.05) is 18.3 Å². The van der Waals surface area contributed by atoms with Crippen molar-refractivity contribution >= 4 is 5.69 Å². The van der Waals surface area contributed by atoms with Crippen LogP contribution in [0.5, 0.6) is 0 Å². The quantitative estimate of drug-likeness (QED) is 0.810. The van der Waals surface area contributed by atoms with E-state index in [0.717, 1.165) is 11.4 Å². The number of aromatic nitrogens is 3. The van der Waals surface area contributed by atoms with Crippen molar-refractivity contribution in [3.05, 3.63) is 36.4 Å². The van der Waals surface area contributed by atoms with Gasteiger partial charge in [0.15, 0.2) is 0 Å². The molecule has 15 heavy (non-hydrogen) atoms. The first-order chi connectivity index (χ1) is 7.18. The predicted octanol–water partition coefficient (Wildman–Crippen LogP) is 1.97. The van der Waals surface area contributed by atoms with E-state index < -0.39 is 0 Å². The minimum Gasteiger partial charge on any atom is -0.396 e. The highest BCUT2D eigenvalue weighted by molar-refractivity contribution is 5.54. The molecular formula is C11H14N4. The van der Waals surface area contributed by atoms with Gasteiger partial charge in [-0.05, 0) is 18.1 Å². The zero-order valence-corrected chi connectivity index (χ0v) is 8.88. The van der Waals surface area contributed by atoms with E-state index in [1.54, 1.807) is 17.1 Å². The second-order valence-corrected chi connectivity index (χ2v) is 3.77. The summed E-state index contributed by atoms with van der Waals surface area (Å²) < 4.78 is 1.78. The summed E-state index contributed by atoms with van der Waals surface area (Å²) in [5, 5.41) is 4.45. The van der Waals surface area contributed by atoms with Gasteiger partial charge in [-0.25, -0.2) is 4.68 Å². The highest BCUT2D eigenvalue weighted by Crippen LogP contribution is 2.17. The number of nitrogens with two attached hydrogens (primary N) is 1. The fourth-order valence-corrected chi connectivity index (χ4v) is 1.39. The lowest BCUT2D eigenvalue weighted by Crippen LogP contribution is -2.01. The second kappa shape index (κ2) is 3.73. The third-order valence-electron chi connectivity index (χ3n) is 2.28. The smallest absolute Gasteiger partial charge is 0.0906 e. The summed E-state index contributed by atoms with van der Waals surface area (Å²) in [5.41, 5.74) is 8.38. The highest BCUT2D eigenvalue weighted by Gasteiger charge is 2.06. The number of nitrogen functional groups attached to an aromatic ring is 1. The van der Waals surface area contributed by atoms with Gasteiger partial charge in [0.2, 0.25) is 0 Å². The molecule has 2 rings (SSSR count). The number of anilines is 1. The van der Waals surface area contributed by atoms with E-state index in [0.29, 0.717) is 11.6 Å². The average Bonchev–Trinajstić information content (AvgIpc) is 2.67. The molecular weight excluding hydrogens is 188 g/mol. The van der Waals surface area contributed by atoms with E-state index in [1.165, 1.54) is 0 Å². The van der Waals surface area contributed by atoms with E-state index in [-0.39, 0.29) is 0 Å². The Bertz CT molecular complexity index is 459. The van der Waals surface area contributed by atoms with Crippen molar-refractivity contribution in [2.24, 2.45) is 0 Å². The molecule has 2 aromatic heterocycles. The molecule has 0 radical (unpaired) electrons. The van der Waals surface area contributed by atoms with Crippen LogP contribution in [0, 0.1) is 0 Å². The lowest BCUT2D eigenvalue weighted by Gasteiger charge is -2.04. The molecule has 0 aliphatic rings. The van der Waals surface area contributed by atoms with Gasteiger partial charge >= 0.3 is 0 Å². The van der Waals surface area contributed by atoms with Crippen LogP contribution >= 0.6 is 0 Å². The number of hydrogen-bond donors (Lipinski definition) is 1. The van der Waals surface area contributed by atoms with Crippen LogP contribution in [0.2, 0.25) is 0 Å². The van der Waals surface area contributed by atoms with Crippen LogP contribution in [0.3, 0.4) is 0 Å². The van der Waals surface area contributed by atoms with Crippen LogP contribution < -0.4 is 5.73 Å². The zero-order chi connectivity index (χ0) is 10.8. The lowest BCUT2D eigenvalue weighted by atomic mass is 10.1. The van der Waals surface area contributed by atoms with Crippen molar-refractivity contribution in [1.29, 1.82) is 0 Å². The summed E-state index contributed by atoms with van der Waals surface area (Å²) in [6, 6.07) is 3.86. The lowest BCUT2D eigenvalue weighted by molar-refractivity contribution is 0.768. The Kier molecular flexibility index (Phi) is 2.41. The summed E-state index contributed by atoms with van der Waals surface area (Å²) in [5.74, 6) is 0.425. The maximum Gasteiger partial charge on any atom is 0.0906 e. The van der Waals surface area contributed by atoms with Gasteiger partial charge < -0.3 is 5.73 Å². The molecule has 4 nitrogen and oxygen atoms in total. The molecule has 0 aromatic carbocycles. The fraction of sp³-hybridized carbons (Fsp3) is 0.273. The van der Waals surface area contributed by atoms with Crippen molar-refractivity contribution in [2.75, 3.05) is 5.73 Å². The van der Waals surface area contributed by atoms with Gasteiger partial charge in [-0.2, -0.15) is 5.10 Å². The van der Waals surface area contributed by atoms with Gasteiger partial charge in [-0.3, -0.25) is 4.98 Å². The van der Waals surface area contributed by atoms with Crippen LogP contribution in [0.1, 0.15) is 25.5 Å². The average molecular weight is 202 g/mol. The maximum atomic E-state index is 5.81. The Labute approximate surface area is 88.8 Å². The Balaban J connectivity index is 2.42. The Morgan fingerprint density at radius 3 is 2.73 bits per heavy atom. The van der Waals surface area contributed by atoms with Gasteiger partial charge in [-0.15, -0.1) is 0 Å². The monoisotopic (exact) mass is 202 g/mol. The molecule has 2 aromatic rings. The molecule has 0 fully saturated rings. The zero-order valence-electron chi connectivity index (χ0n) is 8.88. The molecule has 4 heteroatoms. The van der Waals surface area contributed by atoms with Crippen LogP contribution in [0.25, 0.3) is 5.69 Å². The highest BCUT2D eigenvalue weighted by atomic mass is 15.3. The minimum atomic E-state index is 0.425. The van der Waals surface area contributed by atoms with E-state index >= 15 is 0 Å². The first-order valence-corrected chi connectivity index (χ1v) is 4.94. The van der Waals surface area contributed by atoms with Gasteiger partial charge in [0.25, 0.3) is 0 Å². The van der Waals surface area contributed by atoms with Crippen molar-refractivity contribution in [2.45, 2.75) is 19.8 Å². The topological polar surface area (TPSA) is 56.7 Å². The number of nitrogens with zero attached hydrogens (tertiary/aromatic N) is 3. The van der Waals surface area contributed by atoms with E-state index in [4.69, 9.17) is 5.73 Å². The molecule has 78 valence electrons. The molecule has 0 saturated carbocycles. The molecule has 0 unspecified atom stereocenters. The Morgan fingerprint density at radius 2 is 2.13 bits per heavy atom. The molecule has 2 heterocycles. The number of pyridine rings is 1. The molecule has 0 amide bonds. The first kappa shape index (κ1) is 9.71. The molecule has 0 atom stereocenters. The number of hydrogen-bond acceptors (Lipinski definition) is 3. The number of rotatable bonds is 2. The van der Waals surface area contributed by atoms with Crippen LogP contribution in [0.4, 0.5) is 5.69 Å². The van der Waals surface area contributed by atoms with Gasteiger partial charge in [0.05, 0.1) is 23.3 Å². The van der Waals surface area contributed by atoms with Gasteiger partial charge in [0, 0.05) is 12.4 Å². The summed E-state index contributed by atoms with van der Waals surface area (Å²) >= 11 is 0.